The lowest BCUT2D eigenvalue weighted by Gasteiger charge is -2.28. The molecule has 2 N–H and O–H groups in total. The minimum absolute atomic E-state index is 0.0215. The fraction of sp³-hybridized carbons (Fsp3) is 0.467. The fourth-order valence-electron chi connectivity index (χ4n) is 2.39. The number of carbonyl (C=O) groups is 1. The Morgan fingerprint density at radius 2 is 2.27 bits per heavy atom. The number of hydrogen-bond donors (Lipinski definition) is 2. The van der Waals surface area contributed by atoms with Crippen LogP contribution in [0.15, 0.2) is 29.3 Å². The van der Waals surface area contributed by atoms with Gasteiger partial charge in [-0.2, -0.15) is 5.10 Å². The van der Waals surface area contributed by atoms with Gasteiger partial charge in [0, 0.05) is 19.4 Å². The predicted octanol–water partition coefficient (Wildman–Crippen LogP) is 1.43. The molecule has 2 aromatic rings. The van der Waals surface area contributed by atoms with Gasteiger partial charge in [0.2, 0.25) is 5.91 Å². The molecule has 22 heavy (non-hydrogen) atoms. The van der Waals surface area contributed by atoms with Crippen LogP contribution >= 0.6 is 0 Å². The lowest BCUT2D eigenvalue weighted by atomic mass is 10.0. The van der Waals surface area contributed by atoms with Gasteiger partial charge < -0.3 is 4.90 Å². The lowest BCUT2D eigenvalue weighted by molar-refractivity contribution is -0.131. The summed E-state index contributed by atoms with van der Waals surface area (Å²) >= 11 is 0. The molecule has 0 saturated heterocycles. The van der Waals surface area contributed by atoms with Gasteiger partial charge in [0.1, 0.15) is 5.82 Å². The first-order chi connectivity index (χ1) is 10.6. The van der Waals surface area contributed by atoms with E-state index in [1.165, 1.54) is 0 Å². The summed E-state index contributed by atoms with van der Waals surface area (Å²) in [6.07, 6.45) is 6.54. The minimum atomic E-state index is -0.403. The zero-order valence-electron chi connectivity index (χ0n) is 12.9. The molecule has 7 heteroatoms. The first-order valence-electron chi connectivity index (χ1n) is 7.41. The lowest BCUT2D eigenvalue weighted by Crippen LogP contribution is -2.33. The van der Waals surface area contributed by atoms with Crippen LogP contribution in [-0.2, 0) is 11.2 Å². The van der Waals surface area contributed by atoms with Crippen molar-refractivity contribution in [2.45, 2.75) is 38.6 Å². The standard InChI is InChI=1S/C15H21N5O2/c1-3-4-7-12(11-6-5-8-16-10-11)20(2)14(21)9-13-17-15(22)19-18-13/h5-6,8,10,12H,3-4,7,9H2,1-2H3,(H2,17,18,19,22). The van der Waals surface area contributed by atoms with E-state index in [0.29, 0.717) is 5.82 Å². The number of unbranched alkanes of at least 4 members (excludes halogenated alkanes) is 1. The second-order valence-electron chi connectivity index (χ2n) is 5.25. The third kappa shape index (κ3) is 4.03. The van der Waals surface area contributed by atoms with E-state index in [0.717, 1.165) is 24.8 Å². The molecule has 0 saturated carbocycles. The maximum atomic E-state index is 12.4. The normalized spacial score (nSPS) is 12.1. The van der Waals surface area contributed by atoms with Crippen LogP contribution in [0.5, 0.6) is 0 Å². The molecule has 1 amide bonds. The van der Waals surface area contributed by atoms with E-state index >= 15 is 0 Å². The zero-order chi connectivity index (χ0) is 15.9. The van der Waals surface area contributed by atoms with Crippen molar-refractivity contribution in [3.8, 4) is 0 Å². The monoisotopic (exact) mass is 303 g/mol. The molecule has 0 aliphatic heterocycles. The summed E-state index contributed by atoms with van der Waals surface area (Å²) in [5.41, 5.74) is 0.613. The number of nitrogens with zero attached hydrogens (tertiary/aromatic N) is 3. The van der Waals surface area contributed by atoms with Crippen LogP contribution in [0.2, 0.25) is 0 Å². The molecular weight excluding hydrogens is 282 g/mol. The van der Waals surface area contributed by atoms with E-state index in [-0.39, 0.29) is 18.4 Å². The van der Waals surface area contributed by atoms with Crippen molar-refractivity contribution < 1.29 is 4.79 Å². The number of rotatable bonds is 7. The van der Waals surface area contributed by atoms with Crippen LogP contribution in [0.1, 0.15) is 43.6 Å². The number of pyridine rings is 1. The molecule has 0 aromatic carbocycles. The first kappa shape index (κ1) is 15.9. The minimum Gasteiger partial charge on any atom is -0.338 e. The van der Waals surface area contributed by atoms with Crippen molar-refractivity contribution in [1.82, 2.24) is 25.1 Å². The van der Waals surface area contributed by atoms with Crippen molar-refractivity contribution in [2.75, 3.05) is 7.05 Å². The third-order valence-electron chi connectivity index (χ3n) is 3.63. The number of H-pyrrole nitrogens is 2. The van der Waals surface area contributed by atoms with Gasteiger partial charge in [0.15, 0.2) is 0 Å². The van der Waals surface area contributed by atoms with E-state index < -0.39 is 5.69 Å². The van der Waals surface area contributed by atoms with Crippen molar-refractivity contribution in [1.29, 1.82) is 0 Å². The molecule has 2 heterocycles. The summed E-state index contributed by atoms with van der Waals surface area (Å²) in [5, 5.41) is 6.05. The molecule has 1 atom stereocenters. The maximum absolute atomic E-state index is 12.4. The third-order valence-corrected chi connectivity index (χ3v) is 3.63. The summed E-state index contributed by atoms with van der Waals surface area (Å²) in [7, 11) is 1.78. The molecule has 0 spiro atoms. The Kier molecular flexibility index (Phi) is 5.46. The maximum Gasteiger partial charge on any atom is 0.340 e. The summed E-state index contributed by atoms with van der Waals surface area (Å²) in [5.74, 6) is 0.259. The number of nitrogens with one attached hydrogen (secondary N) is 2. The molecule has 1 unspecified atom stereocenters. The number of aromatic amines is 2. The Bertz CT molecular complexity index is 649. The van der Waals surface area contributed by atoms with Gasteiger partial charge in [-0.15, -0.1) is 0 Å². The Balaban J connectivity index is 2.12. The smallest absolute Gasteiger partial charge is 0.338 e. The highest BCUT2D eigenvalue weighted by atomic mass is 16.2. The van der Waals surface area contributed by atoms with Crippen molar-refractivity contribution in [2.24, 2.45) is 0 Å². The van der Waals surface area contributed by atoms with Crippen molar-refractivity contribution >= 4 is 5.91 Å². The van der Waals surface area contributed by atoms with Gasteiger partial charge in [0.25, 0.3) is 0 Å². The average Bonchev–Trinajstić information content (AvgIpc) is 2.93. The SMILES string of the molecule is CCCCC(c1cccnc1)N(C)C(=O)Cc1n[nH]c(=O)[nH]1. The van der Waals surface area contributed by atoms with E-state index in [1.54, 1.807) is 24.3 Å². The molecule has 118 valence electrons. The van der Waals surface area contributed by atoms with Crippen molar-refractivity contribution in [3.05, 3.63) is 46.4 Å². The molecule has 2 rings (SSSR count). The summed E-state index contributed by atoms with van der Waals surface area (Å²) < 4.78 is 0. The fourth-order valence-corrected chi connectivity index (χ4v) is 2.39. The molecule has 0 aliphatic carbocycles. The largest absolute Gasteiger partial charge is 0.340 e. The predicted molar refractivity (Wildman–Crippen MR) is 82.2 cm³/mol. The van der Waals surface area contributed by atoms with Gasteiger partial charge in [-0.05, 0) is 18.1 Å². The Hall–Kier alpha value is -2.44. The highest BCUT2D eigenvalue weighted by molar-refractivity contribution is 5.78. The van der Waals surface area contributed by atoms with Crippen LogP contribution in [0.3, 0.4) is 0 Å². The van der Waals surface area contributed by atoms with Crippen LogP contribution in [0, 0.1) is 0 Å². The van der Waals surface area contributed by atoms with Gasteiger partial charge in [-0.25, -0.2) is 9.89 Å². The van der Waals surface area contributed by atoms with E-state index in [9.17, 15) is 9.59 Å². The van der Waals surface area contributed by atoms with Gasteiger partial charge in [0.05, 0.1) is 12.5 Å². The summed E-state index contributed by atoms with van der Waals surface area (Å²) in [6, 6.07) is 3.83. The first-order valence-corrected chi connectivity index (χ1v) is 7.41. The Morgan fingerprint density at radius 3 is 2.86 bits per heavy atom. The second kappa shape index (κ2) is 7.53. The van der Waals surface area contributed by atoms with Gasteiger partial charge in [-0.1, -0.05) is 25.8 Å². The average molecular weight is 303 g/mol. The molecule has 7 nitrogen and oxygen atoms in total. The number of amides is 1. The number of likely N-dealkylation sites (N-methyl/N-ethyl adjacent to an activating group) is 1. The van der Waals surface area contributed by atoms with Gasteiger partial charge >= 0.3 is 5.69 Å². The Labute approximate surface area is 128 Å². The van der Waals surface area contributed by atoms with Crippen LogP contribution in [0.4, 0.5) is 0 Å². The number of hydrogen-bond acceptors (Lipinski definition) is 4. The molecular formula is C15H21N5O2. The zero-order valence-corrected chi connectivity index (χ0v) is 12.9. The number of aromatic nitrogens is 4. The highest BCUT2D eigenvalue weighted by Gasteiger charge is 2.22. The summed E-state index contributed by atoms with van der Waals surface area (Å²) in [4.78, 5) is 31.8. The topological polar surface area (TPSA) is 94.7 Å². The number of carbonyl (C=O) groups excluding carboxylic acids is 1. The van der Waals surface area contributed by atoms with Crippen LogP contribution < -0.4 is 5.69 Å². The van der Waals surface area contributed by atoms with E-state index in [2.05, 4.69) is 27.1 Å². The van der Waals surface area contributed by atoms with E-state index in [1.807, 2.05) is 12.1 Å². The van der Waals surface area contributed by atoms with E-state index in [4.69, 9.17) is 0 Å². The van der Waals surface area contributed by atoms with Crippen LogP contribution in [-0.4, -0.2) is 38.0 Å². The highest BCUT2D eigenvalue weighted by Crippen LogP contribution is 2.25. The quantitative estimate of drug-likeness (QED) is 0.809. The van der Waals surface area contributed by atoms with Crippen LogP contribution in [0.25, 0.3) is 0 Å². The molecule has 0 bridgehead atoms. The molecule has 0 aliphatic rings. The Morgan fingerprint density at radius 1 is 1.45 bits per heavy atom. The van der Waals surface area contributed by atoms with Crippen molar-refractivity contribution in [3.63, 3.8) is 0 Å². The summed E-state index contributed by atoms with van der Waals surface area (Å²) in [6.45, 7) is 2.12. The second-order valence-corrected chi connectivity index (χ2v) is 5.25. The van der Waals surface area contributed by atoms with Gasteiger partial charge in [-0.3, -0.25) is 14.8 Å². The molecule has 0 radical (unpaired) electrons. The molecule has 0 fully saturated rings. The molecule has 2 aromatic heterocycles.